The molecule has 2 atom stereocenters. The second kappa shape index (κ2) is 12.6. The SMILES string of the molecule is CCNC(=NCc1ccc(CN2CCOCC2)cc1)N1CCC(C)C(n2ccnc2)C1.I. The first kappa shape index (κ1) is 25.0. The molecule has 0 aliphatic carbocycles. The van der Waals surface area contributed by atoms with Crippen LogP contribution < -0.4 is 5.32 Å². The fraction of sp³-hybridized carbons (Fsp3) is 0.583. The maximum absolute atomic E-state index is 5.44. The predicted octanol–water partition coefficient (Wildman–Crippen LogP) is 3.38. The van der Waals surface area contributed by atoms with Gasteiger partial charge in [0.15, 0.2) is 5.96 Å². The highest BCUT2D eigenvalue weighted by Crippen LogP contribution is 2.27. The number of nitrogens with one attached hydrogen (secondary N) is 1. The van der Waals surface area contributed by atoms with Crippen LogP contribution in [-0.4, -0.2) is 71.2 Å². The predicted molar refractivity (Wildman–Crippen MR) is 139 cm³/mol. The number of guanidine groups is 1. The van der Waals surface area contributed by atoms with Gasteiger partial charge in [0.1, 0.15) is 0 Å². The fourth-order valence-corrected chi connectivity index (χ4v) is 4.45. The summed E-state index contributed by atoms with van der Waals surface area (Å²) in [5.74, 6) is 1.64. The molecule has 2 saturated heterocycles. The van der Waals surface area contributed by atoms with Gasteiger partial charge in [0.25, 0.3) is 0 Å². The molecule has 0 bridgehead atoms. The molecule has 2 aliphatic rings. The molecule has 1 aromatic carbocycles. The molecule has 1 aromatic heterocycles. The highest BCUT2D eigenvalue weighted by atomic mass is 127. The molecular formula is C24H37IN6O. The third-order valence-electron chi connectivity index (χ3n) is 6.41. The molecule has 0 radical (unpaired) electrons. The van der Waals surface area contributed by atoms with Gasteiger partial charge in [-0.15, -0.1) is 24.0 Å². The molecule has 0 amide bonds. The smallest absolute Gasteiger partial charge is 0.194 e. The first-order valence-corrected chi connectivity index (χ1v) is 11.6. The number of aliphatic imine (C=N–C) groups is 1. The maximum atomic E-state index is 5.44. The maximum Gasteiger partial charge on any atom is 0.194 e. The van der Waals surface area contributed by atoms with Crippen LogP contribution in [0.15, 0.2) is 48.0 Å². The third-order valence-corrected chi connectivity index (χ3v) is 6.41. The number of nitrogens with zero attached hydrogens (tertiary/aromatic N) is 5. The van der Waals surface area contributed by atoms with Gasteiger partial charge in [0, 0.05) is 51.7 Å². The molecule has 4 rings (SSSR count). The van der Waals surface area contributed by atoms with Gasteiger partial charge in [-0.25, -0.2) is 9.98 Å². The van der Waals surface area contributed by atoms with Gasteiger partial charge in [-0.05, 0) is 30.4 Å². The Morgan fingerprint density at radius 1 is 1.16 bits per heavy atom. The van der Waals surface area contributed by atoms with Gasteiger partial charge in [-0.2, -0.15) is 0 Å². The van der Waals surface area contributed by atoms with Gasteiger partial charge >= 0.3 is 0 Å². The lowest BCUT2D eigenvalue weighted by atomic mass is 9.93. The Bertz CT molecular complexity index is 820. The number of hydrogen-bond donors (Lipinski definition) is 1. The molecule has 32 heavy (non-hydrogen) atoms. The van der Waals surface area contributed by atoms with Crippen molar-refractivity contribution in [1.82, 2.24) is 24.7 Å². The van der Waals surface area contributed by atoms with Gasteiger partial charge in [-0.3, -0.25) is 4.90 Å². The molecule has 0 spiro atoms. The lowest BCUT2D eigenvalue weighted by molar-refractivity contribution is 0.0342. The van der Waals surface area contributed by atoms with Crippen molar-refractivity contribution in [3.8, 4) is 0 Å². The lowest BCUT2D eigenvalue weighted by Crippen LogP contribution is -2.49. The van der Waals surface area contributed by atoms with E-state index in [9.17, 15) is 0 Å². The normalized spacial score (nSPS) is 22.4. The van der Waals surface area contributed by atoms with Crippen LogP contribution in [0.3, 0.4) is 0 Å². The van der Waals surface area contributed by atoms with E-state index in [0.29, 0.717) is 18.5 Å². The Hall–Kier alpha value is -1.65. The zero-order valence-electron chi connectivity index (χ0n) is 19.3. The minimum absolute atomic E-state index is 0. The lowest BCUT2D eigenvalue weighted by Gasteiger charge is -2.39. The Balaban J connectivity index is 0.00000289. The van der Waals surface area contributed by atoms with E-state index >= 15 is 0 Å². The van der Waals surface area contributed by atoms with E-state index in [2.05, 4.69) is 69.0 Å². The van der Waals surface area contributed by atoms with Crippen LogP contribution in [-0.2, 0) is 17.8 Å². The first-order chi connectivity index (χ1) is 15.2. The summed E-state index contributed by atoms with van der Waals surface area (Å²) in [6.07, 6.45) is 7.04. The molecule has 0 saturated carbocycles. The van der Waals surface area contributed by atoms with Crippen molar-refractivity contribution < 1.29 is 4.74 Å². The number of hydrogen-bond acceptors (Lipinski definition) is 4. The number of imidazole rings is 1. The molecule has 1 N–H and O–H groups in total. The van der Waals surface area contributed by atoms with E-state index < -0.39 is 0 Å². The summed E-state index contributed by atoms with van der Waals surface area (Å²) in [6.45, 7) is 12.8. The molecule has 2 fully saturated rings. The molecule has 176 valence electrons. The van der Waals surface area contributed by atoms with E-state index in [1.54, 1.807) is 0 Å². The van der Waals surface area contributed by atoms with E-state index in [1.807, 2.05) is 12.5 Å². The van der Waals surface area contributed by atoms with E-state index in [0.717, 1.165) is 64.9 Å². The van der Waals surface area contributed by atoms with E-state index in [4.69, 9.17) is 9.73 Å². The molecule has 2 unspecified atom stereocenters. The number of morpholine rings is 1. The Morgan fingerprint density at radius 2 is 1.91 bits per heavy atom. The first-order valence-electron chi connectivity index (χ1n) is 11.6. The summed E-state index contributed by atoms with van der Waals surface area (Å²) in [5.41, 5.74) is 2.60. The number of halogens is 1. The topological polar surface area (TPSA) is 57.9 Å². The zero-order chi connectivity index (χ0) is 21.5. The largest absolute Gasteiger partial charge is 0.379 e. The summed E-state index contributed by atoms with van der Waals surface area (Å²) in [6, 6.07) is 9.35. The number of benzene rings is 1. The van der Waals surface area contributed by atoms with Crippen LogP contribution in [0.2, 0.25) is 0 Å². The van der Waals surface area contributed by atoms with Crippen LogP contribution in [0, 0.1) is 5.92 Å². The minimum Gasteiger partial charge on any atom is -0.379 e. The van der Waals surface area contributed by atoms with Gasteiger partial charge in [0.2, 0.25) is 0 Å². The van der Waals surface area contributed by atoms with Gasteiger partial charge in [-0.1, -0.05) is 31.2 Å². The van der Waals surface area contributed by atoms with E-state index in [1.165, 1.54) is 11.1 Å². The van der Waals surface area contributed by atoms with Crippen molar-refractivity contribution >= 4 is 29.9 Å². The van der Waals surface area contributed by atoms with Crippen LogP contribution in [0.1, 0.15) is 37.4 Å². The minimum atomic E-state index is 0. The molecule has 2 aromatic rings. The Labute approximate surface area is 209 Å². The van der Waals surface area contributed by atoms with Crippen molar-refractivity contribution in [2.24, 2.45) is 10.9 Å². The van der Waals surface area contributed by atoms with Crippen molar-refractivity contribution in [1.29, 1.82) is 0 Å². The van der Waals surface area contributed by atoms with Crippen LogP contribution in [0.25, 0.3) is 0 Å². The Kier molecular flexibility index (Phi) is 9.80. The van der Waals surface area contributed by atoms with Crippen LogP contribution in [0.4, 0.5) is 0 Å². The summed E-state index contributed by atoms with van der Waals surface area (Å²) >= 11 is 0. The Morgan fingerprint density at radius 3 is 2.59 bits per heavy atom. The van der Waals surface area contributed by atoms with E-state index in [-0.39, 0.29) is 24.0 Å². The zero-order valence-corrected chi connectivity index (χ0v) is 21.7. The summed E-state index contributed by atoms with van der Waals surface area (Å²) in [7, 11) is 0. The number of ether oxygens (including phenoxy) is 1. The average molecular weight is 553 g/mol. The summed E-state index contributed by atoms with van der Waals surface area (Å²) in [4.78, 5) is 14.1. The number of aromatic nitrogens is 2. The van der Waals surface area contributed by atoms with Crippen molar-refractivity contribution in [3.05, 3.63) is 54.1 Å². The average Bonchev–Trinajstić information content (AvgIpc) is 3.34. The van der Waals surface area contributed by atoms with Gasteiger partial charge < -0.3 is 19.5 Å². The quantitative estimate of drug-likeness (QED) is 0.339. The third kappa shape index (κ3) is 6.68. The van der Waals surface area contributed by atoms with Crippen LogP contribution in [0.5, 0.6) is 0 Å². The molecular weight excluding hydrogens is 515 g/mol. The number of piperidine rings is 1. The highest BCUT2D eigenvalue weighted by Gasteiger charge is 2.28. The second-order valence-corrected chi connectivity index (χ2v) is 8.66. The standard InChI is InChI=1S/C24H36N6O.HI/c1-3-26-24(29-10-8-20(2)23(18-29)30-11-9-25-19-30)27-16-21-4-6-22(7-5-21)17-28-12-14-31-15-13-28;/h4-7,9,11,19-20,23H,3,8,10,12-18H2,1-2H3,(H,26,27);1H. The monoisotopic (exact) mass is 552 g/mol. The van der Waals surface area contributed by atoms with Gasteiger partial charge in [0.05, 0.1) is 32.1 Å². The molecule has 3 heterocycles. The summed E-state index contributed by atoms with van der Waals surface area (Å²) in [5, 5.41) is 3.50. The van der Waals surface area contributed by atoms with Crippen LogP contribution >= 0.6 is 24.0 Å². The summed E-state index contributed by atoms with van der Waals surface area (Å²) < 4.78 is 7.69. The van der Waals surface area contributed by atoms with Crippen molar-refractivity contribution in [3.63, 3.8) is 0 Å². The molecule has 7 nitrogen and oxygen atoms in total. The number of rotatable bonds is 6. The fourth-order valence-electron chi connectivity index (χ4n) is 4.45. The molecule has 8 heteroatoms. The highest BCUT2D eigenvalue weighted by molar-refractivity contribution is 14.0. The second-order valence-electron chi connectivity index (χ2n) is 8.66. The van der Waals surface area contributed by atoms with Crippen molar-refractivity contribution in [2.45, 2.75) is 39.4 Å². The number of likely N-dealkylation sites (tertiary alicyclic amines) is 1. The van der Waals surface area contributed by atoms with Crippen molar-refractivity contribution in [2.75, 3.05) is 45.9 Å². The molecule has 2 aliphatic heterocycles.